The second-order valence-electron chi connectivity index (χ2n) is 32.7. The number of nitrogens with zero attached hydrogens (tertiary/aromatic N) is 9. The fraction of sp³-hybridized carbons (Fsp3) is 0.245. The number of halogens is 8. The number of amides is 8. The molecule has 12 aromatic rings. The van der Waals surface area contributed by atoms with E-state index in [1.807, 2.05) is 89.5 Å². The van der Waals surface area contributed by atoms with Crippen LogP contribution in [0, 0.1) is 64.7 Å². The fourth-order valence-corrected chi connectivity index (χ4v) is 23.0. The summed E-state index contributed by atoms with van der Waals surface area (Å²) in [6, 6.07) is 42.0. The molecule has 4 atom stereocenters. The van der Waals surface area contributed by atoms with Gasteiger partial charge in [-0.2, -0.15) is 4.39 Å². The van der Waals surface area contributed by atoms with Crippen LogP contribution in [0.2, 0.25) is 4.34 Å². The predicted molar refractivity (Wildman–Crippen MR) is 474 cm³/mol. The molecule has 620 valence electrons. The minimum atomic E-state index is -1.06. The highest BCUT2D eigenvalue weighted by molar-refractivity contribution is 7.15. The Morgan fingerprint density at radius 3 is 1.13 bits per heavy atom. The highest BCUT2D eigenvalue weighted by atomic mass is 35.5. The van der Waals surface area contributed by atoms with Gasteiger partial charge in [-0.25, -0.2) is 50.5 Å². The predicted octanol–water partition coefficient (Wildman–Crippen LogP) is 23.6. The van der Waals surface area contributed by atoms with E-state index in [9.17, 15) is 41.1 Å². The number of hydrogen-bond acceptors (Lipinski definition) is 13. The molecule has 8 aromatic carbocycles. The molecule has 4 saturated heterocycles. The number of thiazole rings is 1. The Morgan fingerprint density at radius 2 is 0.764 bits per heavy atom. The molecule has 4 bridgehead atoms. The van der Waals surface area contributed by atoms with Crippen molar-refractivity contribution in [2.45, 2.75) is 101 Å². The fourth-order valence-electron chi connectivity index (χ4n) is 19.7. The largest absolute Gasteiger partial charge is 0.335 e. The lowest BCUT2D eigenvalue weighted by Crippen LogP contribution is -2.48. The monoisotopic (exact) mass is 1750 g/mol. The van der Waals surface area contributed by atoms with E-state index < -0.39 is 58.2 Å². The van der Waals surface area contributed by atoms with Crippen molar-refractivity contribution in [3.05, 3.63) is 273 Å². The number of rotatable bonds is 13. The third-order valence-electron chi connectivity index (χ3n) is 25.3. The average Bonchev–Trinajstić information content (AvgIpc) is 1.41. The van der Waals surface area contributed by atoms with Gasteiger partial charge in [0, 0.05) is 160 Å². The van der Waals surface area contributed by atoms with Gasteiger partial charge in [0.15, 0.2) is 40.0 Å². The standard InChI is InChI=1S/C30H30N4OS.C22H17F2N3OS.C21H14ClF2N3OS.C21H14F3N3OS/c35-29-33-16-26(34(29)24-6-5-21-7-8-31-25(21)12-24)22-1-3-23(4-2-22)27-17-32-28(36-27)30-13-18-9-19(14-30)11-20(10-18)15-30;1-12-8-14(11-29-12)16-4-5-17(21(24)20(16)23)19-10-26-22(28)27(19)15-3-2-13-6-7-25-18(13)9-15;2*22-18-7-12(10-29-18)14-3-4-15(20(24)19(14)23)17-9-26-21(28)27(17)13-2-1-11-5-6-25-16(11)8-13/h1-6,8,12,17-20,26H,7,9-11,13-16H2,(H,33,35);2-5,7-9,11,19H,6,10H2,1H3,(H,26,28);2*1-4,6-8,10,17H,5,9H2,(H,26,28). The van der Waals surface area contributed by atoms with Crippen molar-refractivity contribution in [1.29, 1.82) is 0 Å². The normalized spacial score (nSPS) is 21.8. The van der Waals surface area contributed by atoms with Gasteiger partial charge in [0.2, 0.25) is 0 Å². The molecule has 0 spiro atoms. The molecule has 4 aliphatic carbocycles. The van der Waals surface area contributed by atoms with E-state index >= 15 is 8.78 Å². The molecule has 12 heterocycles. The first-order valence-corrected chi connectivity index (χ1v) is 44.5. The molecular formula is C94H75ClF7N13O4S4. The molecule has 12 aliphatic rings. The quantitative estimate of drug-likeness (QED) is 0.0834. The number of aliphatic imine (C=N–C) groups is 4. The number of fused-ring (bicyclic) bond motifs is 4. The maximum absolute atomic E-state index is 15.1. The van der Waals surface area contributed by atoms with Crippen LogP contribution in [0.5, 0.6) is 0 Å². The molecule has 8 amide bonds. The Labute approximate surface area is 723 Å². The second kappa shape index (κ2) is 32.4. The molecular weight excluding hydrogens is 1670 g/mol. The summed E-state index contributed by atoms with van der Waals surface area (Å²) in [5, 5.41) is 17.0. The minimum absolute atomic E-state index is 0.0119. The zero-order chi connectivity index (χ0) is 84.2. The molecule has 123 heavy (non-hydrogen) atoms. The first kappa shape index (κ1) is 79.5. The van der Waals surface area contributed by atoms with Gasteiger partial charge in [0.1, 0.15) is 0 Å². The number of aromatic nitrogens is 1. The number of nitrogens with one attached hydrogen (secondary N) is 4. The van der Waals surface area contributed by atoms with Gasteiger partial charge in [0.05, 0.1) is 61.1 Å². The Morgan fingerprint density at radius 1 is 0.398 bits per heavy atom. The number of carbonyl (C=O) groups is 4. The lowest BCUT2D eigenvalue weighted by molar-refractivity contribution is -0.00528. The number of aryl methyl sites for hydroxylation is 1. The van der Waals surface area contributed by atoms with E-state index in [0.29, 0.717) is 44.5 Å². The van der Waals surface area contributed by atoms with Crippen LogP contribution in [0.25, 0.3) is 43.8 Å². The summed E-state index contributed by atoms with van der Waals surface area (Å²) in [5.74, 6) is -3.01. The van der Waals surface area contributed by atoms with E-state index in [4.69, 9.17) is 16.6 Å². The summed E-state index contributed by atoms with van der Waals surface area (Å²) >= 11 is 11.4. The lowest BCUT2D eigenvalue weighted by atomic mass is 9.50. The van der Waals surface area contributed by atoms with Crippen molar-refractivity contribution < 1.29 is 49.9 Å². The van der Waals surface area contributed by atoms with Gasteiger partial charge >= 0.3 is 24.1 Å². The molecule has 8 aliphatic heterocycles. The van der Waals surface area contributed by atoms with Crippen LogP contribution in [0.15, 0.2) is 194 Å². The van der Waals surface area contributed by atoms with Crippen molar-refractivity contribution in [3.63, 3.8) is 0 Å². The minimum Gasteiger partial charge on any atom is -0.335 e. The summed E-state index contributed by atoms with van der Waals surface area (Å²) in [4.78, 5) is 81.2. The molecule has 8 fully saturated rings. The third kappa shape index (κ3) is 14.9. The Bertz CT molecular complexity index is 5970. The number of hydrogen-bond donors (Lipinski definition) is 4. The molecule has 24 rings (SSSR count). The van der Waals surface area contributed by atoms with Gasteiger partial charge in [-0.05, 0) is 185 Å². The van der Waals surface area contributed by atoms with Crippen molar-refractivity contribution in [2.24, 2.45) is 37.7 Å². The van der Waals surface area contributed by atoms with Gasteiger partial charge in [-0.1, -0.05) is 96.5 Å². The van der Waals surface area contributed by atoms with Crippen molar-refractivity contribution >= 4 is 151 Å². The number of carbonyl (C=O) groups excluding carboxylic acids is 4. The van der Waals surface area contributed by atoms with E-state index in [-0.39, 0.29) is 88.7 Å². The maximum Gasteiger partial charge on any atom is 0.322 e. The van der Waals surface area contributed by atoms with Gasteiger partial charge in [-0.3, -0.25) is 39.6 Å². The zero-order valence-corrected chi connectivity index (χ0v) is 69.8. The molecule has 4 aromatic heterocycles. The third-order valence-corrected chi connectivity index (χ3v) is 29.2. The molecule has 4 unspecified atom stereocenters. The number of thiophene rings is 3. The van der Waals surface area contributed by atoms with Crippen LogP contribution in [0.1, 0.15) is 117 Å². The molecule has 4 N–H and O–H groups in total. The van der Waals surface area contributed by atoms with E-state index in [2.05, 4.69) is 77.8 Å². The SMILES string of the molecule is Cc1cc(-c2ccc(C3CNC(=O)N3c3ccc4c(c3)N=CC4)c(F)c2F)cs1.O=C1NCC(c2ccc(-c3cnc(C45CC6CC(CC(C6)C4)C5)s3)cc2)N1c1ccc2c(c1)N=CC2.O=C1NCC(c2ccc(-c3csc(Cl)c3)c(F)c2F)N1c1ccc2c(c1)N=CC2.O=C1NCC(c2ccc(-c3csc(F)c3)c(F)c2F)N1c1ccc2c(c1)N=CC2. The average molecular weight is 1750 g/mol. The van der Waals surface area contributed by atoms with Gasteiger partial charge in [-0.15, -0.1) is 45.3 Å². The second-order valence-corrected chi connectivity index (χ2v) is 37.2. The lowest BCUT2D eigenvalue weighted by Gasteiger charge is -2.56. The smallest absolute Gasteiger partial charge is 0.322 e. The van der Waals surface area contributed by atoms with Crippen LogP contribution >= 0.6 is 56.9 Å². The Kier molecular flexibility index (Phi) is 20.9. The first-order chi connectivity index (χ1) is 59.7. The van der Waals surface area contributed by atoms with E-state index in [1.165, 1.54) is 133 Å². The van der Waals surface area contributed by atoms with Crippen LogP contribution in [-0.2, 0) is 31.1 Å². The maximum atomic E-state index is 15.1. The van der Waals surface area contributed by atoms with E-state index in [0.717, 1.165) is 110 Å². The van der Waals surface area contributed by atoms with Crippen molar-refractivity contribution in [1.82, 2.24) is 26.3 Å². The number of urea groups is 4. The van der Waals surface area contributed by atoms with Crippen LogP contribution in [0.4, 0.5) is 95.4 Å². The highest BCUT2D eigenvalue weighted by Gasteiger charge is 2.53. The molecule has 0 radical (unpaired) electrons. The summed E-state index contributed by atoms with van der Waals surface area (Å²) < 4.78 is 103. The molecule has 29 heteroatoms. The summed E-state index contributed by atoms with van der Waals surface area (Å²) in [6.45, 7) is 3.05. The Balaban J connectivity index is 0.000000105. The number of benzene rings is 8. The summed E-state index contributed by atoms with van der Waals surface area (Å²) in [5.41, 5.74) is 15.3. The van der Waals surface area contributed by atoms with Crippen LogP contribution in [0.3, 0.4) is 0 Å². The molecule has 4 saturated carbocycles. The van der Waals surface area contributed by atoms with Crippen molar-refractivity contribution in [3.8, 4) is 43.8 Å². The van der Waals surface area contributed by atoms with Gasteiger partial charge < -0.3 is 21.3 Å². The molecule has 17 nitrogen and oxygen atoms in total. The Hall–Kier alpha value is -12.0. The first-order valence-electron chi connectivity index (χ1n) is 40.7. The van der Waals surface area contributed by atoms with Gasteiger partial charge in [0.25, 0.3) is 0 Å². The number of anilines is 4. The van der Waals surface area contributed by atoms with Crippen LogP contribution < -0.4 is 40.9 Å². The summed E-state index contributed by atoms with van der Waals surface area (Å²) in [6.07, 6.45) is 21.0. The van der Waals surface area contributed by atoms with Crippen molar-refractivity contribution in [2.75, 3.05) is 45.8 Å². The van der Waals surface area contributed by atoms with Crippen LogP contribution in [-0.4, -0.2) is 80.1 Å². The topological polar surface area (TPSA) is 192 Å². The highest BCUT2D eigenvalue weighted by Crippen LogP contribution is 2.62. The summed E-state index contributed by atoms with van der Waals surface area (Å²) in [7, 11) is 0. The zero-order valence-electron chi connectivity index (χ0n) is 65.8. The van der Waals surface area contributed by atoms with E-state index in [1.54, 1.807) is 60.3 Å².